The van der Waals surface area contributed by atoms with Gasteiger partial charge in [-0.15, -0.1) is 0 Å². The maximum Gasteiger partial charge on any atom is 0.257 e. The van der Waals surface area contributed by atoms with E-state index in [0.29, 0.717) is 5.56 Å². The van der Waals surface area contributed by atoms with E-state index in [0.717, 1.165) is 48.3 Å². The van der Waals surface area contributed by atoms with E-state index < -0.39 is 0 Å². The van der Waals surface area contributed by atoms with Crippen LogP contribution < -0.4 is 10.2 Å². The molecule has 0 aliphatic carbocycles. The molecule has 7 nitrogen and oxygen atoms in total. The Hall–Kier alpha value is -3.71. The molecule has 1 N–H and O–H groups in total. The zero-order chi connectivity index (χ0) is 21.2. The average Bonchev–Trinajstić information content (AvgIpc) is 3.35. The number of nitrogens with one attached hydrogen (secondary N) is 1. The molecule has 2 aromatic heterocycles. The molecular weight excluding hydrogens is 388 g/mol. The quantitative estimate of drug-likeness (QED) is 0.556. The van der Waals surface area contributed by atoms with Crippen LogP contribution in [0.3, 0.4) is 0 Å². The molecule has 7 heteroatoms. The van der Waals surface area contributed by atoms with E-state index in [2.05, 4.69) is 38.3 Å². The Morgan fingerprint density at radius 1 is 0.903 bits per heavy atom. The van der Waals surface area contributed by atoms with Crippen LogP contribution in [0.2, 0.25) is 0 Å². The number of aromatic nitrogens is 3. The molecule has 1 amide bonds. The van der Waals surface area contributed by atoms with Crippen LogP contribution in [0, 0.1) is 0 Å². The van der Waals surface area contributed by atoms with Crippen molar-refractivity contribution >= 4 is 28.1 Å². The zero-order valence-electron chi connectivity index (χ0n) is 17.4. The van der Waals surface area contributed by atoms with Crippen LogP contribution >= 0.6 is 0 Å². The summed E-state index contributed by atoms with van der Waals surface area (Å²) in [6.45, 7) is 4.04. The van der Waals surface area contributed by atoms with E-state index in [1.807, 2.05) is 54.9 Å². The number of carbonyl (C=O) groups excluding carboxylic acids is 1. The number of benzene rings is 2. The topological polar surface area (TPSA) is 66.3 Å². The lowest BCUT2D eigenvalue weighted by molar-refractivity contribution is 0.102. The number of piperazine rings is 1. The minimum atomic E-state index is -0.177. The van der Waals surface area contributed by atoms with Crippen molar-refractivity contribution in [2.75, 3.05) is 43.4 Å². The van der Waals surface area contributed by atoms with Crippen molar-refractivity contribution in [1.29, 1.82) is 0 Å². The van der Waals surface area contributed by atoms with Crippen LogP contribution in [-0.4, -0.2) is 58.8 Å². The summed E-state index contributed by atoms with van der Waals surface area (Å²) in [4.78, 5) is 22.3. The van der Waals surface area contributed by atoms with Gasteiger partial charge in [0, 0.05) is 67.4 Å². The summed E-state index contributed by atoms with van der Waals surface area (Å²) in [7, 11) is 2.15. The van der Waals surface area contributed by atoms with E-state index >= 15 is 0 Å². The summed E-state index contributed by atoms with van der Waals surface area (Å²) in [5.41, 5.74) is 3.23. The first kappa shape index (κ1) is 19.3. The number of rotatable bonds is 4. The normalized spacial score (nSPS) is 14.7. The van der Waals surface area contributed by atoms with Crippen LogP contribution in [0.4, 0.5) is 11.4 Å². The Bertz CT molecular complexity index is 1210. The smallest absolute Gasteiger partial charge is 0.257 e. The van der Waals surface area contributed by atoms with E-state index in [1.165, 1.54) is 5.69 Å². The van der Waals surface area contributed by atoms with Crippen LogP contribution in [0.25, 0.3) is 16.5 Å². The largest absolute Gasteiger partial charge is 0.368 e. The van der Waals surface area contributed by atoms with Crippen molar-refractivity contribution in [3.8, 4) is 5.69 Å². The maximum absolute atomic E-state index is 13.2. The molecule has 31 heavy (non-hydrogen) atoms. The van der Waals surface area contributed by atoms with Crippen molar-refractivity contribution in [3.05, 3.63) is 78.9 Å². The van der Waals surface area contributed by atoms with Gasteiger partial charge < -0.3 is 15.1 Å². The predicted molar refractivity (Wildman–Crippen MR) is 123 cm³/mol. The number of nitrogens with zero attached hydrogens (tertiary/aromatic N) is 5. The molecule has 3 heterocycles. The number of hydrogen-bond acceptors (Lipinski definition) is 5. The lowest BCUT2D eigenvalue weighted by atomic mass is 10.1. The van der Waals surface area contributed by atoms with Crippen LogP contribution in [-0.2, 0) is 0 Å². The summed E-state index contributed by atoms with van der Waals surface area (Å²) in [5.74, 6) is -0.177. The van der Waals surface area contributed by atoms with Crippen molar-refractivity contribution in [1.82, 2.24) is 19.7 Å². The molecule has 1 fully saturated rings. The lowest BCUT2D eigenvalue weighted by Gasteiger charge is -2.34. The van der Waals surface area contributed by atoms with Crippen molar-refractivity contribution in [2.24, 2.45) is 0 Å². The van der Waals surface area contributed by atoms with E-state index in [-0.39, 0.29) is 5.91 Å². The summed E-state index contributed by atoms with van der Waals surface area (Å²) < 4.78 is 1.70. The molecule has 0 spiro atoms. The summed E-state index contributed by atoms with van der Waals surface area (Å²) >= 11 is 0. The Kier molecular flexibility index (Phi) is 5.09. The van der Waals surface area contributed by atoms with Gasteiger partial charge in [0.2, 0.25) is 0 Å². The van der Waals surface area contributed by atoms with Gasteiger partial charge >= 0.3 is 0 Å². The second-order valence-electron chi connectivity index (χ2n) is 7.77. The van der Waals surface area contributed by atoms with Gasteiger partial charge in [-0.2, -0.15) is 5.10 Å². The molecule has 0 radical (unpaired) electrons. The number of pyridine rings is 1. The first-order valence-electron chi connectivity index (χ1n) is 10.4. The Morgan fingerprint density at radius 3 is 2.55 bits per heavy atom. The highest BCUT2D eigenvalue weighted by molar-refractivity contribution is 6.12. The third kappa shape index (κ3) is 3.75. The number of anilines is 2. The van der Waals surface area contributed by atoms with Crippen molar-refractivity contribution in [3.63, 3.8) is 0 Å². The zero-order valence-corrected chi connectivity index (χ0v) is 17.4. The first-order chi connectivity index (χ1) is 15.2. The highest BCUT2D eigenvalue weighted by Gasteiger charge is 2.19. The van der Waals surface area contributed by atoms with Gasteiger partial charge in [0.25, 0.3) is 5.91 Å². The van der Waals surface area contributed by atoms with Crippen molar-refractivity contribution in [2.45, 2.75) is 0 Å². The van der Waals surface area contributed by atoms with Crippen LogP contribution in [0.1, 0.15) is 10.4 Å². The standard InChI is InChI=1S/C24H24N6O/c1-28-13-15-29(16-14-28)22-8-7-21(20-17-25-11-9-18(20)22)27-24(31)19-5-2-3-6-23(19)30-12-4-10-26-30/h2-12,17H,13-16H2,1H3,(H,27,31). The van der Waals surface area contributed by atoms with Gasteiger partial charge in [-0.3, -0.25) is 9.78 Å². The van der Waals surface area contributed by atoms with Crippen LogP contribution in [0.5, 0.6) is 0 Å². The monoisotopic (exact) mass is 412 g/mol. The molecule has 5 rings (SSSR count). The third-order valence-corrected chi connectivity index (χ3v) is 5.79. The van der Waals surface area contributed by atoms with Gasteiger partial charge in [-0.05, 0) is 43.4 Å². The first-order valence-corrected chi connectivity index (χ1v) is 10.4. The molecule has 156 valence electrons. The summed E-state index contributed by atoms with van der Waals surface area (Å²) in [5, 5.41) is 9.40. The molecule has 0 unspecified atom stereocenters. The number of likely N-dealkylation sites (N-methyl/N-ethyl adjacent to an activating group) is 1. The van der Waals surface area contributed by atoms with Gasteiger partial charge in [0.15, 0.2) is 0 Å². The molecular formula is C24H24N6O. The minimum absolute atomic E-state index is 0.177. The highest BCUT2D eigenvalue weighted by atomic mass is 16.1. The Morgan fingerprint density at radius 2 is 1.74 bits per heavy atom. The number of carbonyl (C=O) groups is 1. The van der Waals surface area contributed by atoms with Crippen LogP contribution in [0.15, 0.2) is 73.3 Å². The molecule has 2 aromatic carbocycles. The number of para-hydroxylation sites is 1. The summed E-state index contributed by atoms with van der Waals surface area (Å²) in [6.07, 6.45) is 7.16. The fourth-order valence-corrected chi connectivity index (χ4v) is 4.07. The fraction of sp³-hybridized carbons (Fsp3) is 0.208. The van der Waals surface area contributed by atoms with Gasteiger partial charge in [0.05, 0.1) is 16.9 Å². The Balaban J connectivity index is 1.48. The molecule has 0 atom stereocenters. The minimum Gasteiger partial charge on any atom is -0.368 e. The van der Waals surface area contributed by atoms with E-state index in [1.54, 1.807) is 17.1 Å². The SMILES string of the molecule is CN1CCN(c2ccc(NC(=O)c3ccccc3-n3cccn3)c3cnccc23)CC1. The molecule has 1 aliphatic rings. The molecule has 1 saturated heterocycles. The number of hydrogen-bond donors (Lipinski definition) is 1. The molecule has 4 aromatic rings. The van der Waals surface area contributed by atoms with Gasteiger partial charge in [0.1, 0.15) is 0 Å². The number of amides is 1. The van der Waals surface area contributed by atoms with E-state index in [9.17, 15) is 4.79 Å². The summed E-state index contributed by atoms with van der Waals surface area (Å²) in [6, 6.07) is 15.4. The second-order valence-corrected chi connectivity index (χ2v) is 7.77. The lowest BCUT2D eigenvalue weighted by Crippen LogP contribution is -2.44. The fourth-order valence-electron chi connectivity index (χ4n) is 4.07. The van der Waals surface area contributed by atoms with E-state index in [4.69, 9.17) is 0 Å². The average molecular weight is 412 g/mol. The second kappa shape index (κ2) is 8.20. The maximum atomic E-state index is 13.2. The Labute approximate surface area is 180 Å². The molecule has 0 bridgehead atoms. The van der Waals surface area contributed by atoms with Crippen molar-refractivity contribution < 1.29 is 4.79 Å². The third-order valence-electron chi connectivity index (χ3n) is 5.79. The van der Waals surface area contributed by atoms with Gasteiger partial charge in [-0.25, -0.2) is 4.68 Å². The number of fused-ring (bicyclic) bond motifs is 1. The molecule has 1 aliphatic heterocycles. The van der Waals surface area contributed by atoms with Gasteiger partial charge in [-0.1, -0.05) is 12.1 Å². The molecule has 0 saturated carbocycles. The predicted octanol–water partition coefficient (Wildman–Crippen LogP) is 3.42. The highest BCUT2D eigenvalue weighted by Crippen LogP contribution is 2.32.